The van der Waals surface area contributed by atoms with Crippen LogP contribution in [0.25, 0.3) is 0 Å². The highest BCUT2D eigenvalue weighted by molar-refractivity contribution is 5.86. The molecule has 0 radical (unpaired) electrons. The number of carbonyl (C=O) groups is 1. The highest BCUT2D eigenvalue weighted by Crippen LogP contribution is 2.43. The van der Waals surface area contributed by atoms with Gasteiger partial charge in [-0.2, -0.15) is 5.26 Å². The molecule has 0 bridgehead atoms. The fourth-order valence-corrected chi connectivity index (χ4v) is 4.50. The van der Waals surface area contributed by atoms with Crippen molar-refractivity contribution in [1.29, 1.82) is 5.26 Å². The van der Waals surface area contributed by atoms with E-state index in [0.717, 1.165) is 45.1 Å². The van der Waals surface area contributed by atoms with Gasteiger partial charge in [-0.05, 0) is 44.4 Å². The summed E-state index contributed by atoms with van der Waals surface area (Å²) in [5.41, 5.74) is -0.667. The number of hydrogen-bond donors (Lipinski definition) is 0. The van der Waals surface area contributed by atoms with Crippen molar-refractivity contribution in [1.82, 2.24) is 4.90 Å². The molecule has 3 nitrogen and oxygen atoms in total. The summed E-state index contributed by atoms with van der Waals surface area (Å²) in [6.45, 7) is 0.892. The van der Waals surface area contributed by atoms with Crippen molar-refractivity contribution in [3.63, 3.8) is 0 Å². The summed E-state index contributed by atoms with van der Waals surface area (Å²) >= 11 is 0. The van der Waals surface area contributed by atoms with E-state index in [2.05, 4.69) is 11.0 Å². The number of fused-ring (bicyclic) bond motifs is 1. The molecule has 19 heavy (non-hydrogen) atoms. The first-order chi connectivity index (χ1) is 9.27. The number of carbonyl (C=O) groups excluding carboxylic acids is 1. The van der Waals surface area contributed by atoms with Crippen molar-refractivity contribution < 1.29 is 4.79 Å². The van der Waals surface area contributed by atoms with Crippen LogP contribution in [-0.2, 0) is 4.79 Å². The van der Waals surface area contributed by atoms with E-state index in [1.165, 1.54) is 25.7 Å². The summed E-state index contributed by atoms with van der Waals surface area (Å²) in [6.07, 6.45) is 11.1. The van der Waals surface area contributed by atoms with Gasteiger partial charge in [0.15, 0.2) is 0 Å². The standard InChI is InChI=1S/C16H24N2O/c17-12-16(9-3-4-10-16)15(19)18-11-5-7-13-6-1-2-8-14(13)18/h13-14H,1-11H2/t13-,14-/m1/s1. The van der Waals surface area contributed by atoms with Crippen molar-refractivity contribution in [3.05, 3.63) is 0 Å². The van der Waals surface area contributed by atoms with Crippen molar-refractivity contribution in [3.8, 4) is 6.07 Å². The second-order valence-corrected chi connectivity index (χ2v) is 6.65. The Morgan fingerprint density at radius 3 is 2.47 bits per heavy atom. The van der Waals surface area contributed by atoms with Crippen LogP contribution in [0.3, 0.4) is 0 Å². The fourth-order valence-electron chi connectivity index (χ4n) is 4.50. The molecular formula is C16H24N2O. The normalized spacial score (nSPS) is 33.5. The minimum Gasteiger partial charge on any atom is -0.338 e. The SMILES string of the molecule is N#CC1(C(=O)N2CCC[C@H]3CCCC[C@H]32)CCCC1. The molecule has 0 spiro atoms. The predicted molar refractivity (Wildman–Crippen MR) is 73.2 cm³/mol. The van der Waals surface area contributed by atoms with Gasteiger partial charge in [0.1, 0.15) is 5.41 Å². The first kappa shape index (κ1) is 13.0. The van der Waals surface area contributed by atoms with E-state index in [1.54, 1.807) is 0 Å². The fraction of sp³-hybridized carbons (Fsp3) is 0.875. The molecule has 2 saturated carbocycles. The highest BCUT2D eigenvalue weighted by atomic mass is 16.2. The Balaban J connectivity index is 1.80. The highest BCUT2D eigenvalue weighted by Gasteiger charge is 2.47. The summed E-state index contributed by atoms with van der Waals surface area (Å²) in [7, 11) is 0. The van der Waals surface area contributed by atoms with E-state index in [0.29, 0.717) is 12.0 Å². The molecule has 3 aliphatic rings. The largest absolute Gasteiger partial charge is 0.338 e. The average molecular weight is 260 g/mol. The number of likely N-dealkylation sites (tertiary alicyclic amines) is 1. The Bertz CT molecular complexity index is 390. The second-order valence-electron chi connectivity index (χ2n) is 6.65. The maximum atomic E-state index is 12.9. The molecule has 1 aliphatic heterocycles. The number of piperidine rings is 1. The smallest absolute Gasteiger partial charge is 0.243 e. The lowest BCUT2D eigenvalue weighted by atomic mass is 9.76. The van der Waals surface area contributed by atoms with Gasteiger partial charge in [0.2, 0.25) is 5.91 Å². The van der Waals surface area contributed by atoms with Crippen LogP contribution in [0, 0.1) is 22.7 Å². The third kappa shape index (κ3) is 2.16. The van der Waals surface area contributed by atoms with E-state index in [9.17, 15) is 10.1 Å². The average Bonchev–Trinajstić information content (AvgIpc) is 2.96. The molecule has 1 amide bonds. The summed E-state index contributed by atoms with van der Waals surface area (Å²) in [6, 6.07) is 2.82. The molecule has 3 rings (SSSR count). The van der Waals surface area contributed by atoms with Crippen LogP contribution >= 0.6 is 0 Å². The maximum Gasteiger partial charge on any atom is 0.243 e. The Hall–Kier alpha value is -1.04. The van der Waals surface area contributed by atoms with E-state index < -0.39 is 5.41 Å². The zero-order valence-electron chi connectivity index (χ0n) is 11.7. The molecule has 0 unspecified atom stereocenters. The van der Waals surface area contributed by atoms with Gasteiger partial charge < -0.3 is 4.90 Å². The van der Waals surface area contributed by atoms with E-state index in [4.69, 9.17) is 0 Å². The molecule has 3 fully saturated rings. The monoisotopic (exact) mass is 260 g/mol. The Morgan fingerprint density at radius 2 is 1.74 bits per heavy atom. The molecule has 0 aromatic heterocycles. The van der Waals surface area contributed by atoms with E-state index in [-0.39, 0.29) is 5.91 Å². The molecule has 104 valence electrons. The van der Waals surface area contributed by atoms with Gasteiger partial charge in [-0.3, -0.25) is 4.79 Å². The number of hydrogen-bond acceptors (Lipinski definition) is 2. The topological polar surface area (TPSA) is 44.1 Å². The summed E-state index contributed by atoms with van der Waals surface area (Å²) in [5.74, 6) is 0.882. The summed E-state index contributed by atoms with van der Waals surface area (Å²) < 4.78 is 0. The van der Waals surface area contributed by atoms with Crippen molar-refractivity contribution in [2.45, 2.75) is 70.3 Å². The number of nitrogens with zero attached hydrogens (tertiary/aromatic N) is 2. The maximum absolute atomic E-state index is 12.9. The third-order valence-corrected chi connectivity index (χ3v) is 5.58. The molecule has 0 N–H and O–H groups in total. The molecular weight excluding hydrogens is 236 g/mol. The molecule has 3 heteroatoms. The third-order valence-electron chi connectivity index (χ3n) is 5.58. The Kier molecular flexibility index (Phi) is 3.52. The summed E-state index contributed by atoms with van der Waals surface area (Å²) in [4.78, 5) is 15.0. The minimum absolute atomic E-state index is 0.170. The van der Waals surface area contributed by atoms with Gasteiger partial charge in [0.05, 0.1) is 6.07 Å². The first-order valence-corrected chi connectivity index (χ1v) is 7.99. The predicted octanol–water partition coefficient (Wildman–Crippen LogP) is 3.25. The molecule has 1 heterocycles. The van der Waals surface area contributed by atoms with Gasteiger partial charge in [-0.15, -0.1) is 0 Å². The van der Waals surface area contributed by atoms with Crippen LogP contribution < -0.4 is 0 Å². The van der Waals surface area contributed by atoms with Crippen molar-refractivity contribution >= 4 is 5.91 Å². The van der Waals surface area contributed by atoms with Crippen molar-refractivity contribution in [2.24, 2.45) is 11.3 Å². The van der Waals surface area contributed by atoms with Gasteiger partial charge in [0, 0.05) is 12.6 Å². The lowest BCUT2D eigenvalue weighted by Crippen LogP contribution is -2.53. The lowest BCUT2D eigenvalue weighted by Gasteiger charge is -2.46. The van der Waals surface area contributed by atoms with E-state index in [1.807, 2.05) is 0 Å². The van der Waals surface area contributed by atoms with Gasteiger partial charge in [-0.1, -0.05) is 25.7 Å². The minimum atomic E-state index is -0.667. The number of amides is 1. The number of nitriles is 1. The quantitative estimate of drug-likeness (QED) is 0.726. The Labute approximate surface area is 116 Å². The molecule has 1 saturated heterocycles. The molecule has 2 atom stereocenters. The van der Waals surface area contributed by atoms with Gasteiger partial charge >= 0.3 is 0 Å². The van der Waals surface area contributed by atoms with Crippen LogP contribution in [0.15, 0.2) is 0 Å². The van der Waals surface area contributed by atoms with Crippen LogP contribution in [-0.4, -0.2) is 23.4 Å². The number of rotatable bonds is 1. The van der Waals surface area contributed by atoms with Crippen LogP contribution in [0.2, 0.25) is 0 Å². The van der Waals surface area contributed by atoms with Crippen LogP contribution in [0.1, 0.15) is 64.2 Å². The lowest BCUT2D eigenvalue weighted by molar-refractivity contribution is -0.145. The van der Waals surface area contributed by atoms with Crippen molar-refractivity contribution in [2.75, 3.05) is 6.54 Å². The second kappa shape index (κ2) is 5.15. The molecule has 0 aromatic carbocycles. The van der Waals surface area contributed by atoms with E-state index >= 15 is 0 Å². The van der Waals surface area contributed by atoms with Gasteiger partial charge in [-0.25, -0.2) is 0 Å². The van der Waals surface area contributed by atoms with Crippen LogP contribution in [0.4, 0.5) is 0 Å². The van der Waals surface area contributed by atoms with Gasteiger partial charge in [0.25, 0.3) is 0 Å². The zero-order chi connectivity index (χ0) is 13.3. The zero-order valence-corrected chi connectivity index (χ0v) is 11.7. The Morgan fingerprint density at radius 1 is 1.05 bits per heavy atom. The molecule has 2 aliphatic carbocycles. The van der Waals surface area contributed by atoms with Crippen LogP contribution in [0.5, 0.6) is 0 Å². The first-order valence-electron chi connectivity index (χ1n) is 7.99. The molecule has 0 aromatic rings. The summed E-state index contributed by atoms with van der Waals surface area (Å²) in [5, 5.41) is 9.52.